The van der Waals surface area contributed by atoms with Crippen molar-refractivity contribution >= 4 is 10.0 Å². The summed E-state index contributed by atoms with van der Waals surface area (Å²) in [6.45, 7) is 3.45. The highest BCUT2D eigenvalue weighted by atomic mass is 32.2. The molecule has 1 aromatic carbocycles. The highest BCUT2D eigenvalue weighted by Crippen LogP contribution is 2.39. The molecule has 4 nitrogen and oxygen atoms in total. The molecule has 3 rings (SSSR count). The third-order valence-corrected chi connectivity index (χ3v) is 6.95. The number of fused-ring (bicyclic) bond motifs is 1. The fraction of sp³-hybridized carbons (Fsp3) is 0.625. The average molecular weight is 308 g/mol. The van der Waals surface area contributed by atoms with Gasteiger partial charge in [0.15, 0.2) is 0 Å². The van der Waals surface area contributed by atoms with Crippen molar-refractivity contribution in [2.45, 2.75) is 37.1 Å². The molecule has 0 bridgehead atoms. The average Bonchev–Trinajstić information content (AvgIpc) is 3.08. The van der Waals surface area contributed by atoms with Gasteiger partial charge in [-0.2, -0.15) is 4.31 Å². The molecule has 1 aliphatic heterocycles. The van der Waals surface area contributed by atoms with Crippen molar-refractivity contribution in [2.24, 2.45) is 11.8 Å². The Kier molecular flexibility index (Phi) is 4.08. The van der Waals surface area contributed by atoms with Crippen LogP contribution in [-0.2, 0) is 10.0 Å². The first kappa shape index (κ1) is 15.0. The van der Waals surface area contributed by atoms with Crippen LogP contribution >= 0.6 is 0 Å². The first-order valence-corrected chi connectivity index (χ1v) is 9.23. The van der Waals surface area contributed by atoms with Gasteiger partial charge in [0.1, 0.15) is 0 Å². The van der Waals surface area contributed by atoms with E-state index in [4.69, 9.17) is 0 Å². The Morgan fingerprint density at radius 1 is 1.24 bits per heavy atom. The standard InChI is InChI=1S/C16H24N2O2S/c1-12(17-2)13-5-4-8-16(9-13)21(19,20)18-10-14-6-3-7-15(14)11-18/h4-5,8-9,12,14-15,17H,3,6-7,10-11H2,1-2H3. The van der Waals surface area contributed by atoms with Crippen LogP contribution in [0.5, 0.6) is 0 Å². The molecule has 1 saturated carbocycles. The lowest BCUT2D eigenvalue weighted by Gasteiger charge is -2.19. The first-order valence-electron chi connectivity index (χ1n) is 7.79. The number of rotatable bonds is 4. The lowest BCUT2D eigenvalue weighted by atomic mass is 10.0. The summed E-state index contributed by atoms with van der Waals surface area (Å²) in [4.78, 5) is 0.432. The lowest BCUT2D eigenvalue weighted by Crippen LogP contribution is -2.29. The molecule has 3 atom stereocenters. The Morgan fingerprint density at radius 3 is 2.52 bits per heavy atom. The van der Waals surface area contributed by atoms with Gasteiger partial charge in [-0.3, -0.25) is 0 Å². The summed E-state index contributed by atoms with van der Waals surface area (Å²) >= 11 is 0. The van der Waals surface area contributed by atoms with E-state index >= 15 is 0 Å². The van der Waals surface area contributed by atoms with Gasteiger partial charge >= 0.3 is 0 Å². The van der Waals surface area contributed by atoms with Crippen LogP contribution in [0.4, 0.5) is 0 Å². The second kappa shape index (κ2) is 5.71. The molecule has 2 aliphatic rings. The van der Waals surface area contributed by atoms with E-state index in [0.717, 1.165) is 5.56 Å². The SMILES string of the molecule is CNC(C)c1cccc(S(=O)(=O)N2CC3CCCC3C2)c1. The quantitative estimate of drug-likeness (QED) is 0.929. The van der Waals surface area contributed by atoms with Gasteiger partial charge in [-0.15, -0.1) is 0 Å². The Hall–Kier alpha value is -0.910. The van der Waals surface area contributed by atoms with Crippen molar-refractivity contribution in [3.63, 3.8) is 0 Å². The van der Waals surface area contributed by atoms with Crippen LogP contribution in [0.1, 0.15) is 37.8 Å². The predicted molar refractivity (Wildman–Crippen MR) is 83.5 cm³/mol. The number of sulfonamides is 1. The van der Waals surface area contributed by atoms with E-state index < -0.39 is 10.0 Å². The van der Waals surface area contributed by atoms with Gasteiger partial charge < -0.3 is 5.32 Å². The monoisotopic (exact) mass is 308 g/mol. The predicted octanol–water partition coefficient (Wildman–Crippen LogP) is 2.39. The fourth-order valence-corrected chi connectivity index (χ4v) is 5.26. The van der Waals surface area contributed by atoms with Gasteiger partial charge in [0.2, 0.25) is 10.0 Å². The highest BCUT2D eigenvalue weighted by molar-refractivity contribution is 7.89. The van der Waals surface area contributed by atoms with Crippen molar-refractivity contribution < 1.29 is 8.42 Å². The van der Waals surface area contributed by atoms with E-state index in [2.05, 4.69) is 5.32 Å². The maximum Gasteiger partial charge on any atom is 0.243 e. The summed E-state index contributed by atoms with van der Waals surface area (Å²) in [5, 5.41) is 3.15. The van der Waals surface area contributed by atoms with Gasteiger partial charge in [0, 0.05) is 19.1 Å². The van der Waals surface area contributed by atoms with E-state index in [0.29, 0.717) is 29.8 Å². The minimum atomic E-state index is -3.34. The number of nitrogens with zero attached hydrogens (tertiary/aromatic N) is 1. The molecular weight excluding hydrogens is 284 g/mol. The molecule has 1 heterocycles. The van der Waals surface area contributed by atoms with Crippen molar-refractivity contribution in [3.8, 4) is 0 Å². The first-order chi connectivity index (χ1) is 10.0. The summed E-state index contributed by atoms with van der Waals surface area (Å²) in [5.41, 5.74) is 1.01. The van der Waals surface area contributed by atoms with Gasteiger partial charge in [0.25, 0.3) is 0 Å². The van der Waals surface area contributed by atoms with E-state index in [9.17, 15) is 8.42 Å². The normalized spacial score (nSPS) is 27.7. The molecule has 0 amide bonds. The van der Waals surface area contributed by atoms with E-state index in [-0.39, 0.29) is 6.04 Å². The summed E-state index contributed by atoms with van der Waals surface area (Å²) in [6, 6.07) is 7.49. The molecule has 0 aromatic heterocycles. The topological polar surface area (TPSA) is 49.4 Å². The lowest BCUT2D eigenvalue weighted by molar-refractivity contribution is 0.445. The minimum absolute atomic E-state index is 0.151. The third kappa shape index (κ3) is 2.74. The smallest absolute Gasteiger partial charge is 0.243 e. The van der Waals surface area contributed by atoms with Gasteiger partial charge in [0.05, 0.1) is 4.90 Å². The van der Waals surface area contributed by atoms with Crippen molar-refractivity contribution in [1.29, 1.82) is 0 Å². The molecule has 3 unspecified atom stereocenters. The molecule has 1 aromatic rings. The largest absolute Gasteiger partial charge is 0.313 e. The second-order valence-electron chi connectivity index (χ2n) is 6.36. The molecule has 0 radical (unpaired) electrons. The Morgan fingerprint density at radius 2 is 1.90 bits per heavy atom. The Balaban J connectivity index is 1.85. The second-order valence-corrected chi connectivity index (χ2v) is 8.29. The zero-order valence-electron chi connectivity index (χ0n) is 12.7. The number of hydrogen-bond acceptors (Lipinski definition) is 3. The van der Waals surface area contributed by atoms with Gasteiger partial charge in [-0.1, -0.05) is 18.6 Å². The molecule has 2 fully saturated rings. The molecule has 1 aliphatic carbocycles. The Labute approximate surface area is 127 Å². The van der Waals surface area contributed by atoms with E-state index in [1.54, 1.807) is 10.4 Å². The van der Waals surface area contributed by atoms with Crippen molar-refractivity contribution in [2.75, 3.05) is 20.1 Å². The Bertz CT molecular complexity index is 602. The van der Waals surface area contributed by atoms with Crippen LogP contribution < -0.4 is 5.32 Å². The molecule has 1 saturated heterocycles. The van der Waals surface area contributed by atoms with Crippen LogP contribution in [0.2, 0.25) is 0 Å². The zero-order chi connectivity index (χ0) is 15.0. The van der Waals surface area contributed by atoms with Crippen LogP contribution in [0.3, 0.4) is 0 Å². The summed E-state index contributed by atoms with van der Waals surface area (Å²) in [6.07, 6.45) is 3.64. The van der Waals surface area contributed by atoms with Crippen LogP contribution in [0.25, 0.3) is 0 Å². The van der Waals surface area contributed by atoms with Crippen LogP contribution in [0, 0.1) is 11.8 Å². The number of nitrogens with one attached hydrogen (secondary N) is 1. The summed E-state index contributed by atoms with van der Waals surface area (Å²) < 4.78 is 27.4. The molecule has 21 heavy (non-hydrogen) atoms. The summed E-state index contributed by atoms with van der Waals surface area (Å²) in [7, 11) is -1.46. The van der Waals surface area contributed by atoms with Gasteiger partial charge in [-0.25, -0.2) is 8.42 Å². The minimum Gasteiger partial charge on any atom is -0.313 e. The van der Waals surface area contributed by atoms with E-state index in [1.165, 1.54) is 19.3 Å². The van der Waals surface area contributed by atoms with E-state index in [1.807, 2.05) is 32.2 Å². The number of benzene rings is 1. The van der Waals surface area contributed by atoms with Crippen LogP contribution in [-0.4, -0.2) is 32.9 Å². The highest BCUT2D eigenvalue weighted by Gasteiger charge is 2.41. The molecule has 1 N–H and O–H groups in total. The van der Waals surface area contributed by atoms with Gasteiger partial charge in [-0.05, 0) is 56.3 Å². The van der Waals surface area contributed by atoms with Crippen molar-refractivity contribution in [1.82, 2.24) is 9.62 Å². The molecular formula is C16H24N2O2S. The maximum absolute atomic E-state index is 12.8. The third-order valence-electron chi connectivity index (χ3n) is 5.12. The number of hydrogen-bond donors (Lipinski definition) is 1. The summed E-state index contributed by atoms with van der Waals surface area (Å²) in [5.74, 6) is 1.17. The van der Waals surface area contributed by atoms with Crippen molar-refractivity contribution in [3.05, 3.63) is 29.8 Å². The molecule has 0 spiro atoms. The molecule has 5 heteroatoms. The molecule has 116 valence electrons. The zero-order valence-corrected chi connectivity index (χ0v) is 13.6. The van der Waals surface area contributed by atoms with Crippen LogP contribution in [0.15, 0.2) is 29.2 Å². The fourth-order valence-electron chi connectivity index (χ4n) is 3.65. The maximum atomic E-state index is 12.8.